The summed E-state index contributed by atoms with van der Waals surface area (Å²) in [5, 5.41) is 7.11. The molecule has 2 unspecified atom stereocenters. The van der Waals surface area contributed by atoms with Gasteiger partial charge in [-0.3, -0.25) is 4.79 Å². The van der Waals surface area contributed by atoms with Crippen LogP contribution >= 0.6 is 0 Å². The molecule has 2 aliphatic rings. The zero-order chi connectivity index (χ0) is 10.3. The summed E-state index contributed by atoms with van der Waals surface area (Å²) in [7, 11) is 0. The number of piperidine rings is 1. The van der Waals surface area contributed by atoms with Crippen LogP contribution in [0.2, 0.25) is 0 Å². The van der Waals surface area contributed by atoms with Crippen molar-refractivity contribution in [3.05, 3.63) is 18.0 Å². The van der Waals surface area contributed by atoms with Crippen molar-refractivity contribution in [3.8, 4) is 0 Å². The average Bonchev–Trinajstić information content (AvgIpc) is 2.87. The van der Waals surface area contributed by atoms with E-state index in [1.807, 2.05) is 0 Å². The van der Waals surface area contributed by atoms with E-state index >= 15 is 0 Å². The molecule has 3 heterocycles. The number of hydrogen-bond donors (Lipinski definition) is 1. The summed E-state index contributed by atoms with van der Waals surface area (Å²) in [6.07, 6.45) is 7.36. The van der Waals surface area contributed by atoms with E-state index in [1.54, 1.807) is 0 Å². The molecule has 0 radical (unpaired) electrons. The van der Waals surface area contributed by atoms with Crippen molar-refractivity contribution in [3.63, 3.8) is 0 Å². The second kappa shape index (κ2) is 3.45. The highest BCUT2D eigenvalue weighted by atomic mass is 16.5. The zero-order valence-corrected chi connectivity index (χ0v) is 8.48. The number of Topliss-reactive ketones (excluding diaryl/α,β-unsaturated/α-hetero) is 1. The Balaban J connectivity index is 1.75. The number of aromatic nitrogens is 1. The van der Waals surface area contributed by atoms with Crippen LogP contribution < -0.4 is 5.32 Å². The summed E-state index contributed by atoms with van der Waals surface area (Å²) in [6, 6.07) is 1.11. The van der Waals surface area contributed by atoms with E-state index in [9.17, 15) is 4.79 Å². The quantitative estimate of drug-likeness (QED) is 0.743. The summed E-state index contributed by atoms with van der Waals surface area (Å²) in [6.45, 7) is 0. The van der Waals surface area contributed by atoms with Gasteiger partial charge in [0.2, 0.25) is 0 Å². The minimum Gasteiger partial charge on any atom is -0.364 e. The van der Waals surface area contributed by atoms with E-state index in [-0.39, 0.29) is 11.7 Å². The second-order valence-corrected chi connectivity index (χ2v) is 4.58. The first-order chi connectivity index (χ1) is 7.33. The van der Waals surface area contributed by atoms with Crippen LogP contribution in [0.1, 0.15) is 36.0 Å². The third-order valence-corrected chi connectivity index (χ3v) is 3.56. The molecule has 0 aromatic carbocycles. The lowest BCUT2D eigenvalue weighted by atomic mass is 9.87. The van der Waals surface area contributed by atoms with Crippen LogP contribution in [-0.2, 0) is 0 Å². The maximum absolute atomic E-state index is 12.1. The number of nitrogens with one attached hydrogen (secondary N) is 1. The SMILES string of the molecule is O=C(c1cnoc1)C1CC2CCC(C1)N2. The number of ketones is 1. The van der Waals surface area contributed by atoms with Gasteiger partial charge in [-0.2, -0.15) is 0 Å². The Morgan fingerprint density at radius 3 is 2.73 bits per heavy atom. The Bertz CT molecular complexity index is 349. The Kier molecular flexibility index (Phi) is 2.09. The summed E-state index contributed by atoms with van der Waals surface area (Å²) in [4.78, 5) is 12.1. The predicted molar refractivity (Wildman–Crippen MR) is 53.5 cm³/mol. The molecular formula is C11H14N2O2. The van der Waals surface area contributed by atoms with Crippen LogP contribution in [0.15, 0.2) is 17.0 Å². The highest BCUT2D eigenvalue weighted by Crippen LogP contribution is 2.32. The number of hydrogen-bond acceptors (Lipinski definition) is 4. The van der Waals surface area contributed by atoms with Crippen LogP contribution in [0, 0.1) is 5.92 Å². The molecular weight excluding hydrogens is 192 g/mol. The molecule has 0 saturated carbocycles. The molecule has 0 aliphatic carbocycles. The molecule has 2 atom stereocenters. The van der Waals surface area contributed by atoms with Crippen LogP contribution in [0.5, 0.6) is 0 Å². The minimum absolute atomic E-state index is 0.170. The van der Waals surface area contributed by atoms with Gasteiger partial charge in [0, 0.05) is 18.0 Å². The molecule has 15 heavy (non-hydrogen) atoms. The Hall–Kier alpha value is -1.16. The maximum atomic E-state index is 12.1. The summed E-state index contributed by atoms with van der Waals surface area (Å²) in [5.41, 5.74) is 0.626. The molecule has 0 spiro atoms. The van der Waals surface area contributed by atoms with Crippen LogP contribution in [0.25, 0.3) is 0 Å². The topological polar surface area (TPSA) is 55.1 Å². The average molecular weight is 206 g/mol. The molecule has 2 aliphatic heterocycles. The molecule has 3 rings (SSSR count). The van der Waals surface area contributed by atoms with Gasteiger partial charge in [-0.25, -0.2) is 0 Å². The van der Waals surface area contributed by atoms with Gasteiger partial charge in [0.15, 0.2) is 5.78 Å². The number of nitrogens with zero attached hydrogens (tertiary/aromatic N) is 1. The van der Waals surface area contributed by atoms with Crippen LogP contribution in [0.4, 0.5) is 0 Å². The first-order valence-electron chi connectivity index (χ1n) is 5.52. The van der Waals surface area contributed by atoms with E-state index < -0.39 is 0 Å². The Morgan fingerprint density at radius 2 is 2.13 bits per heavy atom. The lowest BCUT2D eigenvalue weighted by molar-refractivity contribution is 0.0875. The van der Waals surface area contributed by atoms with E-state index in [1.165, 1.54) is 25.3 Å². The van der Waals surface area contributed by atoms with Gasteiger partial charge < -0.3 is 9.84 Å². The van der Waals surface area contributed by atoms with Crippen molar-refractivity contribution >= 4 is 5.78 Å². The van der Waals surface area contributed by atoms with Crippen LogP contribution in [0.3, 0.4) is 0 Å². The summed E-state index contributed by atoms with van der Waals surface area (Å²) in [5.74, 6) is 0.373. The number of rotatable bonds is 2. The fraction of sp³-hybridized carbons (Fsp3) is 0.636. The lowest BCUT2D eigenvalue weighted by Crippen LogP contribution is -2.40. The highest BCUT2D eigenvalue weighted by Gasteiger charge is 2.37. The van der Waals surface area contributed by atoms with Crippen molar-refractivity contribution < 1.29 is 9.32 Å². The van der Waals surface area contributed by atoms with E-state index in [0.29, 0.717) is 17.6 Å². The van der Waals surface area contributed by atoms with Gasteiger partial charge >= 0.3 is 0 Å². The molecule has 4 heteroatoms. The largest absolute Gasteiger partial charge is 0.364 e. The molecule has 2 fully saturated rings. The van der Waals surface area contributed by atoms with Gasteiger partial charge in [-0.05, 0) is 25.7 Å². The minimum atomic E-state index is 0.170. The van der Waals surface area contributed by atoms with Crippen LogP contribution in [-0.4, -0.2) is 23.0 Å². The monoisotopic (exact) mass is 206 g/mol. The van der Waals surface area contributed by atoms with Gasteiger partial charge in [0.1, 0.15) is 6.26 Å². The third-order valence-electron chi connectivity index (χ3n) is 3.56. The van der Waals surface area contributed by atoms with Crippen molar-refractivity contribution in [2.24, 2.45) is 5.92 Å². The predicted octanol–water partition coefficient (Wildman–Crippen LogP) is 1.39. The fourth-order valence-electron chi connectivity index (χ4n) is 2.83. The molecule has 80 valence electrons. The smallest absolute Gasteiger partial charge is 0.170 e. The first-order valence-corrected chi connectivity index (χ1v) is 5.52. The molecule has 4 nitrogen and oxygen atoms in total. The maximum Gasteiger partial charge on any atom is 0.170 e. The van der Waals surface area contributed by atoms with Gasteiger partial charge in [0.25, 0.3) is 0 Å². The lowest BCUT2D eigenvalue weighted by Gasteiger charge is -2.27. The van der Waals surface area contributed by atoms with Crippen molar-refractivity contribution in [1.82, 2.24) is 10.5 Å². The summed E-state index contributed by atoms with van der Waals surface area (Å²) < 4.78 is 4.71. The molecule has 2 bridgehead atoms. The number of carbonyl (C=O) groups is 1. The molecule has 1 N–H and O–H groups in total. The molecule has 2 saturated heterocycles. The van der Waals surface area contributed by atoms with Crippen molar-refractivity contribution in [1.29, 1.82) is 0 Å². The number of carbonyl (C=O) groups excluding carboxylic acids is 1. The van der Waals surface area contributed by atoms with Gasteiger partial charge in [-0.15, -0.1) is 0 Å². The zero-order valence-electron chi connectivity index (χ0n) is 8.48. The third kappa shape index (κ3) is 1.59. The Labute approximate surface area is 88.0 Å². The number of fused-ring (bicyclic) bond motifs is 2. The highest BCUT2D eigenvalue weighted by molar-refractivity contribution is 5.97. The van der Waals surface area contributed by atoms with E-state index in [4.69, 9.17) is 4.52 Å². The normalized spacial score (nSPS) is 34.3. The molecule has 1 aromatic heterocycles. The fourth-order valence-corrected chi connectivity index (χ4v) is 2.83. The van der Waals surface area contributed by atoms with E-state index in [0.717, 1.165) is 12.8 Å². The van der Waals surface area contributed by atoms with Gasteiger partial charge in [-0.1, -0.05) is 5.16 Å². The van der Waals surface area contributed by atoms with E-state index in [2.05, 4.69) is 10.5 Å². The second-order valence-electron chi connectivity index (χ2n) is 4.58. The van der Waals surface area contributed by atoms with Crippen molar-refractivity contribution in [2.45, 2.75) is 37.8 Å². The summed E-state index contributed by atoms with van der Waals surface area (Å²) >= 11 is 0. The first kappa shape index (κ1) is 9.09. The standard InChI is InChI=1S/C11H14N2O2/c14-11(8-5-12-15-6-8)7-3-9-1-2-10(4-7)13-9/h5-7,9-10,13H,1-4H2. The molecule has 0 amide bonds. The van der Waals surface area contributed by atoms with Gasteiger partial charge in [0.05, 0.1) is 11.8 Å². The van der Waals surface area contributed by atoms with Crippen molar-refractivity contribution in [2.75, 3.05) is 0 Å². The Morgan fingerprint density at radius 1 is 1.40 bits per heavy atom. The molecule has 1 aromatic rings.